The van der Waals surface area contributed by atoms with E-state index in [9.17, 15) is 4.79 Å². The molecule has 0 aromatic rings. The fraction of sp³-hybridized carbons (Fsp3) is 0.583. The van der Waals surface area contributed by atoms with Crippen LogP contribution in [0.3, 0.4) is 0 Å². The van der Waals surface area contributed by atoms with Crippen LogP contribution >= 0.6 is 0 Å². The maximum atomic E-state index is 10.9. The fourth-order valence-corrected chi connectivity index (χ4v) is 3.33. The Morgan fingerprint density at radius 2 is 2.21 bits per heavy atom. The van der Waals surface area contributed by atoms with Gasteiger partial charge in [0.2, 0.25) is 0 Å². The Hall–Kier alpha value is -1.05. The van der Waals surface area contributed by atoms with Gasteiger partial charge in [0.15, 0.2) is 0 Å². The van der Waals surface area contributed by atoms with Gasteiger partial charge in [-0.1, -0.05) is 12.2 Å². The number of fused-ring (bicyclic) bond motifs is 5. The number of hydrogen-bond acceptors (Lipinski definition) is 2. The first-order valence-corrected chi connectivity index (χ1v) is 5.32. The molecule has 0 amide bonds. The quantitative estimate of drug-likeness (QED) is 0.468. The highest BCUT2D eigenvalue weighted by molar-refractivity contribution is 5.67. The van der Waals surface area contributed by atoms with Gasteiger partial charge in [0.1, 0.15) is 5.76 Å². The van der Waals surface area contributed by atoms with E-state index in [-0.39, 0.29) is 5.97 Å². The average molecular weight is 190 g/mol. The third kappa shape index (κ3) is 0.999. The van der Waals surface area contributed by atoms with Crippen molar-refractivity contribution < 1.29 is 9.53 Å². The summed E-state index contributed by atoms with van der Waals surface area (Å²) in [5, 5.41) is 0. The molecule has 0 aromatic heterocycles. The summed E-state index contributed by atoms with van der Waals surface area (Å²) in [4.78, 5) is 10.9. The Morgan fingerprint density at radius 3 is 3.00 bits per heavy atom. The minimum Gasteiger partial charge on any atom is -0.431 e. The smallest absolute Gasteiger partial charge is 0.307 e. The first-order valence-electron chi connectivity index (χ1n) is 5.32. The van der Waals surface area contributed by atoms with Crippen LogP contribution in [-0.4, -0.2) is 5.97 Å². The van der Waals surface area contributed by atoms with Crippen molar-refractivity contribution >= 4 is 5.97 Å². The van der Waals surface area contributed by atoms with Crippen LogP contribution in [0, 0.1) is 23.7 Å². The van der Waals surface area contributed by atoms with Gasteiger partial charge in [-0.05, 0) is 36.7 Å². The molecule has 2 bridgehead atoms. The molecule has 0 radical (unpaired) electrons. The molecule has 1 fully saturated rings. The van der Waals surface area contributed by atoms with Crippen LogP contribution in [0.2, 0.25) is 0 Å². The topological polar surface area (TPSA) is 26.3 Å². The highest BCUT2D eigenvalue weighted by atomic mass is 16.5. The molecule has 3 aliphatic rings. The second-order valence-corrected chi connectivity index (χ2v) is 4.57. The van der Waals surface area contributed by atoms with Crippen LogP contribution in [0.15, 0.2) is 24.0 Å². The van der Waals surface area contributed by atoms with E-state index in [1.54, 1.807) is 0 Å². The zero-order valence-corrected chi connectivity index (χ0v) is 8.27. The predicted octanol–water partition coefficient (Wildman–Crippen LogP) is 2.28. The molecule has 3 aliphatic carbocycles. The van der Waals surface area contributed by atoms with Crippen LogP contribution < -0.4 is 0 Å². The van der Waals surface area contributed by atoms with E-state index < -0.39 is 0 Å². The molecule has 14 heavy (non-hydrogen) atoms. The monoisotopic (exact) mass is 190 g/mol. The van der Waals surface area contributed by atoms with Crippen molar-refractivity contribution in [1.29, 1.82) is 0 Å². The van der Waals surface area contributed by atoms with Gasteiger partial charge in [0.05, 0.1) is 0 Å². The lowest BCUT2D eigenvalue weighted by atomic mass is 9.85. The van der Waals surface area contributed by atoms with Gasteiger partial charge in [-0.3, -0.25) is 4.79 Å². The van der Waals surface area contributed by atoms with Crippen molar-refractivity contribution in [3.8, 4) is 0 Å². The molecular formula is C12H14O2. The molecular weight excluding hydrogens is 176 g/mol. The highest BCUT2D eigenvalue weighted by Gasteiger charge is 2.49. The molecule has 0 aliphatic heterocycles. The van der Waals surface area contributed by atoms with Gasteiger partial charge in [0.25, 0.3) is 0 Å². The Morgan fingerprint density at radius 1 is 1.43 bits per heavy atom. The molecule has 3 rings (SSSR count). The normalized spacial score (nSPS) is 42.5. The molecule has 4 atom stereocenters. The van der Waals surface area contributed by atoms with Crippen molar-refractivity contribution in [3.63, 3.8) is 0 Å². The van der Waals surface area contributed by atoms with Crippen LogP contribution in [-0.2, 0) is 9.53 Å². The van der Waals surface area contributed by atoms with Gasteiger partial charge in [-0.2, -0.15) is 0 Å². The molecule has 0 heterocycles. The van der Waals surface area contributed by atoms with Gasteiger partial charge in [-0.25, -0.2) is 0 Å². The van der Waals surface area contributed by atoms with Crippen molar-refractivity contribution in [3.05, 3.63) is 24.0 Å². The van der Waals surface area contributed by atoms with Gasteiger partial charge in [-0.15, -0.1) is 0 Å². The highest BCUT2D eigenvalue weighted by Crippen LogP contribution is 2.55. The van der Waals surface area contributed by atoms with Crippen LogP contribution in [0.1, 0.15) is 19.8 Å². The molecule has 2 heteroatoms. The number of hydrogen-bond donors (Lipinski definition) is 0. The summed E-state index contributed by atoms with van der Waals surface area (Å²) in [5.41, 5.74) is 0. The van der Waals surface area contributed by atoms with E-state index in [2.05, 4.69) is 18.2 Å². The number of ether oxygens (including phenoxy) is 1. The van der Waals surface area contributed by atoms with E-state index >= 15 is 0 Å². The lowest BCUT2D eigenvalue weighted by Crippen LogP contribution is -2.18. The summed E-state index contributed by atoms with van der Waals surface area (Å²) >= 11 is 0. The Bertz CT molecular complexity index is 340. The third-order valence-corrected chi connectivity index (χ3v) is 3.80. The molecule has 74 valence electrons. The molecule has 0 saturated heterocycles. The van der Waals surface area contributed by atoms with Crippen molar-refractivity contribution in [1.82, 2.24) is 0 Å². The maximum absolute atomic E-state index is 10.9. The van der Waals surface area contributed by atoms with Crippen LogP contribution in [0.5, 0.6) is 0 Å². The van der Waals surface area contributed by atoms with Gasteiger partial charge >= 0.3 is 5.97 Å². The predicted molar refractivity (Wildman–Crippen MR) is 52.2 cm³/mol. The number of rotatable bonds is 1. The molecule has 0 N–H and O–H groups in total. The summed E-state index contributed by atoms with van der Waals surface area (Å²) in [6.07, 6.45) is 9.13. The standard InChI is InChI=1S/C12H14O2/c1-7(13)14-11-5-4-10-8-2-3-9(6-8)12(10)11/h2-3,5,8-10,12H,4,6H2,1H3/t8-,9-,10+,12-/m0/s1. The largest absolute Gasteiger partial charge is 0.431 e. The lowest BCUT2D eigenvalue weighted by molar-refractivity contribution is -0.137. The zero-order valence-electron chi connectivity index (χ0n) is 8.27. The second-order valence-electron chi connectivity index (χ2n) is 4.57. The third-order valence-electron chi connectivity index (χ3n) is 3.80. The number of carbonyl (C=O) groups excluding carboxylic acids is 1. The number of allylic oxidation sites excluding steroid dienone is 4. The Balaban J connectivity index is 1.84. The molecule has 0 aromatic carbocycles. The van der Waals surface area contributed by atoms with Crippen LogP contribution in [0.4, 0.5) is 0 Å². The van der Waals surface area contributed by atoms with Gasteiger partial charge < -0.3 is 4.74 Å². The number of esters is 1. The second kappa shape index (κ2) is 2.72. The average Bonchev–Trinajstić information content (AvgIpc) is 2.74. The molecule has 2 nitrogen and oxygen atoms in total. The molecule has 0 unspecified atom stereocenters. The summed E-state index contributed by atoms with van der Waals surface area (Å²) < 4.78 is 5.27. The first-order chi connectivity index (χ1) is 6.75. The van der Waals surface area contributed by atoms with Crippen molar-refractivity contribution in [2.24, 2.45) is 23.7 Å². The Kier molecular flexibility index (Phi) is 1.61. The van der Waals surface area contributed by atoms with Crippen molar-refractivity contribution in [2.45, 2.75) is 19.8 Å². The Labute approximate surface area is 83.6 Å². The summed E-state index contributed by atoms with van der Waals surface area (Å²) in [6, 6.07) is 0. The van der Waals surface area contributed by atoms with Crippen LogP contribution in [0.25, 0.3) is 0 Å². The first kappa shape index (κ1) is 8.27. The van der Waals surface area contributed by atoms with Crippen molar-refractivity contribution in [2.75, 3.05) is 0 Å². The zero-order chi connectivity index (χ0) is 9.71. The SMILES string of the molecule is CC(=O)OC1=CC[C@H]2[C@@H]1[C@H]1C=C[C@H]2C1. The minimum absolute atomic E-state index is 0.177. The lowest BCUT2D eigenvalue weighted by Gasteiger charge is -2.22. The maximum Gasteiger partial charge on any atom is 0.307 e. The van der Waals surface area contributed by atoms with E-state index in [0.717, 1.165) is 24.0 Å². The molecule has 0 spiro atoms. The molecule has 1 saturated carbocycles. The van der Waals surface area contributed by atoms with E-state index in [4.69, 9.17) is 4.74 Å². The summed E-state index contributed by atoms with van der Waals surface area (Å²) in [7, 11) is 0. The minimum atomic E-state index is -0.177. The van der Waals surface area contributed by atoms with E-state index in [1.165, 1.54) is 13.3 Å². The van der Waals surface area contributed by atoms with E-state index in [1.807, 2.05) is 0 Å². The summed E-state index contributed by atoms with van der Waals surface area (Å²) in [5.74, 6) is 3.38. The van der Waals surface area contributed by atoms with Gasteiger partial charge in [0, 0.05) is 12.8 Å². The van der Waals surface area contributed by atoms with E-state index in [0.29, 0.717) is 11.8 Å². The number of carbonyl (C=O) groups is 1. The fourth-order valence-electron chi connectivity index (χ4n) is 3.33. The summed E-state index contributed by atoms with van der Waals surface area (Å²) in [6.45, 7) is 1.48.